The minimum atomic E-state index is -3.58. The summed E-state index contributed by atoms with van der Waals surface area (Å²) in [5.41, 5.74) is 0. The zero-order valence-corrected chi connectivity index (χ0v) is 7.13. The van der Waals surface area contributed by atoms with Gasteiger partial charge in [0, 0.05) is 19.6 Å². The highest BCUT2D eigenvalue weighted by molar-refractivity contribution is 5.75. The summed E-state index contributed by atoms with van der Waals surface area (Å²) in [5, 5.41) is 8.19. The molecule has 1 rings (SSSR count). The van der Waals surface area contributed by atoms with Crippen LogP contribution in [0.2, 0.25) is 0 Å². The Hall–Kier alpha value is -0.710. The Labute approximate surface area is 74.7 Å². The molecule has 1 aliphatic heterocycles. The summed E-state index contributed by atoms with van der Waals surface area (Å²) >= 11 is 0. The van der Waals surface area contributed by atoms with Gasteiger partial charge in [-0.25, -0.2) is 4.79 Å². The lowest BCUT2D eigenvalue weighted by Gasteiger charge is -2.24. The van der Waals surface area contributed by atoms with E-state index in [-0.39, 0.29) is 5.92 Å². The molecule has 1 fully saturated rings. The topological polar surface area (TPSA) is 46.5 Å². The van der Waals surface area contributed by atoms with Gasteiger partial charge in [-0.1, -0.05) is 0 Å². The fourth-order valence-electron chi connectivity index (χ4n) is 1.40. The first kappa shape index (κ1) is 10.4. The van der Waals surface area contributed by atoms with Crippen molar-refractivity contribution in [3.8, 4) is 0 Å². The summed E-state index contributed by atoms with van der Waals surface area (Å²) < 4.78 is 30.4. The Bertz CT molecular complexity index is 188. The number of halogens is 2. The monoisotopic (exact) mass is 194 g/mol. The summed E-state index contributed by atoms with van der Waals surface area (Å²) in [6, 6.07) is 0. The van der Waals surface area contributed by atoms with Crippen LogP contribution in [-0.2, 0) is 9.53 Å². The van der Waals surface area contributed by atoms with Crippen LogP contribution in [0.5, 0.6) is 0 Å². The SMILES string of the molecule is O=C(O)C(F)(F)CC1CCOCC1. The van der Waals surface area contributed by atoms with Gasteiger partial charge in [0.1, 0.15) is 0 Å². The molecular weight excluding hydrogens is 182 g/mol. The van der Waals surface area contributed by atoms with Gasteiger partial charge in [-0.05, 0) is 18.8 Å². The molecule has 76 valence electrons. The van der Waals surface area contributed by atoms with Crippen LogP contribution in [0.25, 0.3) is 0 Å². The zero-order valence-electron chi connectivity index (χ0n) is 7.13. The van der Waals surface area contributed by atoms with E-state index in [9.17, 15) is 13.6 Å². The van der Waals surface area contributed by atoms with Crippen molar-refractivity contribution in [2.45, 2.75) is 25.2 Å². The summed E-state index contributed by atoms with van der Waals surface area (Å²) in [6.45, 7) is 0.917. The van der Waals surface area contributed by atoms with Crippen molar-refractivity contribution < 1.29 is 23.4 Å². The van der Waals surface area contributed by atoms with E-state index < -0.39 is 18.3 Å². The molecule has 0 saturated carbocycles. The van der Waals surface area contributed by atoms with Crippen LogP contribution in [-0.4, -0.2) is 30.2 Å². The molecule has 0 unspecified atom stereocenters. The molecule has 1 heterocycles. The fraction of sp³-hybridized carbons (Fsp3) is 0.875. The molecule has 1 N–H and O–H groups in total. The summed E-state index contributed by atoms with van der Waals surface area (Å²) in [7, 11) is 0. The lowest BCUT2D eigenvalue weighted by molar-refractivity contribution is -0.168. The first-order chi connectivity index (χ1) is 6.02. The van der Waals surface area contributed by atoms with Gasteiger partial charge < -0.3 is 9.84 Å². The zero-order chi connectivity index (χ0) is 9.90. The number of aliphatic carboxylic acids is 1. The van der Waals surface area contributed by atoms with E-state index in [2.05, 4.69) is 0 Å². The van der Waals surface area contributed by atoms with Gasteiger partial charge in [0.05, 0.1) is 0 Å². The van der Waals surface area contributed by atoms with Crippen LogP contribution in [0.15, 0.2) is 0 Å². The minimum Gasteiger partial charge on any atom is -0.477 e. The normalized spacial score (nSPS) is 20.2. The predicted molar refractivity (Wildman–Crippen MR) is 40.7 cm³/mol. The van der Waals surface area contributed by atoms with Crippen LogP contribution in [0, 0.1) is 5.92 Å². The number of rotatable bonds is 3. The Balaban J connectivity index is 2.41. The molecule has 0 aromatic carbocycles. The van der Waals surface area contributed by atoms with Gasteiger partial charge in [-0.15, -0.1) is 0 Å². The number of hydrogen-bond acceptors (Lipinski definition) is 2. The standard InChI is InChI=1S/C8H12F2O3/c9-8(10,7(11)12)5-6-1-3-13-4-2-6/h6H,1-5H2,(H,11,12). The van der Waals surface area contributed by atoms with E-state index in [0.29, 0.717) is 26.1 Å². The third-order valence-electron chi connectivity index (χ3n) is 2.20. The molecule has 0 aromatic heterocycles. The second-order valence-electron chi connectivity index (χ2n) is 3.27. The second-order valence-corrected chi connectivity index (χ2v) is 3.27. The molecule has 1 saturated heterocycles. The van der Waals surface area contributed by atoms with E-state index in [0.717, 1.165) is 0 Å². The summed E-state index contributed by atoms with van der Waals surface area (Å²) in [6.07, 6.45) is 0.497. The number of carboxylic acids is 1. The maximum absolute atomic E-state index is 12.7. The average Bonchev–Trinajstić information content (AvgIpc) is 2.05. The van der Waals surface area contributed by atoms with Crippen molar-refractivity contribution in [1.29, 1.82) is 0 Å². The van der Waals surface area contributed by atoms with Crippen molar-refractivity contribution in [1.82, 2.24) is 0 Å². The van der Waals surface area contributed by atoms with Crippen LogP contribution in [0.3, 0.4) is 0 Å². The first-order valence-corrected chi connectivity index (χ1v) is 4.21. The smallest absolute Gasteiger partial charge is 0.374 e. The van der Waals surface area contributed by atoms with Crippen molar-refractivity contribution in [3.63, 3.8) is 0 Å². The van der Waals surface area contributed by atoms with E-state index in [4.69, 9.17) is 9.84 Å². The highest BCUT2D eigenvalue weighted by atomic mass is 19.3. The lowest BCUT2D eigenvalue weighted by Crippen LogP contribution is -2.32. The van der Waals surface area contributed by atoms with E-state index >= 15 is 0 Å². The molecule has 0 radical (unpaired) electrons. The van der Waals surface area contributed by atoms with E-state index in [1.807, 2.05) is 0 Å². The highest BCUT2D eigenvalue weighted by Crippen LogP contribution is 2.29. The second kappa shape index (κ2) is 4.00. The van der Waals surface area contributed by atoms with Crippen LogP contribution >= 0.6 is 0 Å². The Morgan fingerprint density at radius 3 is 2.46 bits per heavy atom. The molecule has 0 atom stereocenters. The van der Waals surface area contributed by atoms with Gasteiger partial charge in [-0.2, -0.15) is 8.78 Å². The van der Waals surface area contributed by atoms with Crippen molar-refractivity contribution in [3.05, 3.63) is 0 Å². The quantitative estimate of drug-likeness (QED) is 0.740. The minimum absolute atomic E-state index is 0.222. The van der Waals surface area contributed by atoms with Gasteiger partial charge in [-0.3, -0.25) is 0 Å². The number of carbonyl (C=O) groups is 1. The fourth-order valence-corrected chi connectivity index (χ4v) is 1.40. The van der Waals surface area contributed by atoms with Crippen molar-refractivity contribution in [2.75, 3.05) is 13.2 Å². The first-order valence-electron chi connectivity index (χ1n) is 4.21. The number of alkyl halides is 2. The van der Waals surface area contributed by atoms with Gasteiger partial charge in [0.15, 0.2) is 0 Å². The molecule has 13 heavy (non-hydrogen) atoms. The third kappa shape index (κ3) is 2.91. The number of ether oxygens (including phenoxy) is 1. The Morgan fingerprint density at radius 2 is 2.00 bits per heavy atom. The Kier molecular flexibility index (Phi) is 3.19. The summed E-state index contributed by atoms with van der Waals surface area (Å²) in [4.78, 5) is 10.1. The predicted octanol–water partition coefficient (Wildman–Crippen LogP) is 1.52. The summed E-state index contributed by atoms with van der Waals surface area (Å²) in [5.74, 6) is -5.83. The van der Waals surface area contributed by atoms with E-state index in [1.54, 1.807) is 0 Å². The van der Waals surface area contributed by atoms with Crippen LogP contribution < -0.4 is 0 Å². The van der Waals surface area contributed by atoms with Gasteiger partial charge >= 0.3 is 11.9 Å². The van der Waals surface area contributed by atoms with E-state index in [1.165, 1.54) is 0 Å². The van der Waals surface area contributed by atoms with Gasteiger partial charge in [0.25, 0.3) is 0 Å². The van der Waals surface area contributed by atoms with Gasteiger partial charge in [0.2, 0.25) is 0 Å². The molecule has 5 heteroatoms. The number of carboxylic acid groups (broad SMARTS) is 1. The van der Waals surface area contributed by atoms with Crippen LogP contribution in [0.4, 0.5) is 8.78 Å². The van der Waals surface area contributed by atoms with Crippen molar-refractivity contribution in [2.24, 2.45) is 5.92 Å². The van der Waals surface area contributed by atoms with Crippen molar-refractivity contribution >= 4 is 5.97 Å². The lowest BCUT2D eigenvalue weighted by atomic mass is 9.93. The molecule has 1 aliphatic rings. The largest absolute Gasteiger partial charge is 0.477 e. The molecule has 3 nitrogen and oxygen atoms in total. The maximum atomic E-state index is 12.7. The molecular formula is C8H12F2O3. The molecule has 0 aliphatic carbocycles. The molecule has 0 aromatic rings. The highest BCUT2D eigenvalue weighted by Gasteiger charge is 2.41. The third-order valence-corrected chi connectivity index (χ3v) is 2.20. The Morgan fingerprint density at radius 1 is 1.46 bits per heavy atom. The maximum Gasteiger partial charge on any atom is 0.374 e. The van der Waals surface area contributed by atoms with Crippen LogP contribution in [0.1, 0.15) is 19.3 Å². The molecule has 0 bridgehead atoms. The number of hydrogen-bond donors (Lipinski definition) is 1. The molecule has 0 spiro atoms. The average molecular weight is 194 g/mol. The molecule has 0 amide bonds.